The smallest absolute Gasteiger partial charge is 0.251 e. The summed E-state index contributed by atoms with van der Waals surface area (Å²) in [6, 6.07) is 0.352. The second-order valence-corrected chi connectivity index (χ2v) is 4.75. The van der Waals surface area contributed by atoms with Crippen LogP contribution in [0.3, 0.4) is 0 Å². The molecule has 2 unspecified atom stereocenters. The van der Waals surface area contributed by atoms with Crippen LogP contribution in [0.25, 0.3) is 0 Å². The van der Waals surface area contributed by atoms with E-state index >= 15 is 0 Å². The Balaban J connectivity index is 2.39. The number of hydrogen-bond donors (Lipinski definition) is 1. The molecule has 100 valence electrons. The molecule has 2 atom stereocenters. The van der Waals surface area contributed by atoms with Crippen molar-refractivity contribution in [3.05, 3.63) is 0 Å². The largest absolute Gasteiger partial charge is 0.369 e. The molecule has 0 aromatic carbocycles. The van der Waals surface area contributed by atoms with Gasteiger partial charge in [-0.2, -0.15) is 0 Å². The topological polar surface area (TPSA) is 41.6 Å². The average molecular weight is 242 g/mol. The Hall–Kier alpha value is -0.610. The highest BCUT2D eigenvalue weighted by molar-refractivity contribution is 5.81. The average Bonchev–Trinajstić information content (AvgIpc) is 2.77. The molecule has 4 nitrogen and oxygen atoms in total. The summed E-state index contributed by atoms with van der Waals surface area (Å²) in [5.74, 6) is 0.152. The molecule has 1 aliphatic rings. The van der Waals surface area contributed by atoms with E-state index in [4.69, 9.17) is 4.74 Å². The van der Waals surface area contributed by atoms with E-state index in [1.54, 1.807) is 0 Å². The number of ether oxygens (including phenoxy) is 1. The van der Waals surface area contributed by atoms with Gasteiger partial charge in [-0.25, -0.2) is 0 Å². The van der Waals surface area contributed by atoms with Gasteiger partial charge in [0.25, 0.3) is 5.91 Å². The fraction of sp³-hybridized carbons (Fsp3) is 0.923. The van der Waals surface area contributed by atoms with Crippen molar-refractivity contribution >= 4 is 5.91 Å². The first-order chi connectivity index (χ1) is 8.20. The summed E-state index contributed by atoms with van der Waals surface area (Å²) in [5.41, 5.74) is 0. The predicted octanol–water partition coefficient (Wildman–Crippen LogP) is 1.40. The monoisotopic (exact) mass is 242 g/mol. The highest BCUT2D eigenvalue weighted by Gasteiger charge is 2.31. The molecule has 0 aromatic heterocycles. The normalized spacial score (nSPS) is 21.8. The quantitative estimate of drug-likeness (QED) is 0.686. The molecule has 0 aliphatic carbocycles. The first-order valence-electron chi connectivity index (χ1n) is 6.77. The minimum Gasteiger partial charge on any atom is -0.369 e. The van der Waals surface area contributed by atoms with E-state index in [1.807, 2.05) is 18.9 Å². The Labute approximate surface area is 105 Å². The highest BCUT2D eigenvalue weighted by Crippen LogP contribution is 2.18. The molecule has 1 heterocycles. The number of carbonyl (C=O) groups excluding carboxylic acids is 1. The molecule has 1 N–H and O–H groups in total. The van der Waals surface area contributed by atoms with Crippen LogP contribution < -0.4 is 5.32 Å². The Bertz CT molecular complexity index is 233. The van der Waals surface area contributed by atoms with E-state index in [9.17, 15) is 4.79 Å². The zero-order valence-electron chi connectivity index (χ0n) is 11.4. The lowest BCUT2D eigenvalue weighted by Gasteiger charge is -2.27. The van der Waals surface area contributed by atoms with E-state index in [0.717, 1.165) is 38.8 Å². The fourth-order valence-corrected chi connectivity index (χ4v) is 2.28. The number of nitrogens with zero attached hydrogens (tertiary/aromatic N) is 1. The lowest BCUT2D eigenvalue weighted by molar-refractivity contribution is -0.143. The minimum atomic E-state index is -0.293. The Morgan fingerprint density at radius 3 is 3.00 bits per heavy atom. The van der Waals surface area contributed by atoms with Gasteiger partial charge < -0.3 is 15.0 Å². The van der Waals surface area contributed by atoms with Crippen molar-refractivity contribution in [2.45, 2.75) is 51.7 Å². The molecule has 0 spiro atoms. The van der Waals surface area contributed by atoms with Gasteiger partial charge in [-0.05, 0) is 33.2 Å². The van der Waals surface area contributed by atoms with Gasteiger partial charge in [0.1, 0.15) is 6.10 Å². The molecule has 1 aliphatic heterocycles. The van der Waals surface area contributed by atoms with Crippen molar-refractivity contribution < 1.29 is 9.53 Å². The van der Waals surface area contributed by atoms with E-state index in [1.165, 1.54) is 0 Å². The predicted molar refractivity (Wildman–Crippen MR) is 69.0 cm³/mol. The molecule has 0 aromatic rings. The van der Waals surface area contributed by atoms with Crippen LogP contribution in [0.15, 0.2) is 0 Å². The van der Waals surface area contributed by atoms with Gasteiger partial charge in [0, 0.05) is 25.7 Å². The number of hydrogen-bond acceptors (Lipinski definition) is 3. The molecular formula is C13H26N2O2. The lowest BCUT2D eigenvalue weighted by atomic mass is 10.2. The summed E-state index contributed by atoms with van der Waals surface area (Å²) in [6.45, 7) is 6.44. The molecule has 4 heteroatoms. The Kier molecular flexibility index (Phi) is 6.52. The molecule has 0 saturated carbocycles. The number of rotatable bonds is 7. The Morgan fingerprint density at radius 2 is 2.35 bits per heavy atom. The second-order valence-electron chi connectivity index (χ2n) is 4.75. The molecule has 17 heavy (non-hydrogen) atoms. The SMILES string of the molecule is CCCCOC(C)C(=O)N1CCCC1CNC. The maximum absolute atomic E-state index is 12.2. The first-order valence-corrected chi connectivity index (χ1v) is 6.77. The third-order valence-electron chi connectivity index (χ3n) is 3.31. The summed E-state index contributed by atoms with van der Waals surface area (Å²) < 4.78 is 5.57. The van der Waals surface area contributed by atoms with Gasteiger partial charge in [0.15, 0.2) is 0 Å². The summed E-state index contributed by atoms with van der Waals surface area (Å²) in [6.07, 6.45) is 4.05. The first kappa shape index (κ1) is 14.5. The van der Waals surface area contributed by atoms with Crippen LogP contribution in [-0.4, -0.2) is 49.7 Å². The molecule has 0 bridgehead atoms. The molecule has 1 rings (SSSR count). The standard InChI is InChI=1S/C13H26N2O2/c1-4-5-9-17-11(2)13(16)15-8-6-7-12(15)10-14-3/h11-12,14H,4-10H2,1-3H3. The van der Waals surface area contributed by atoms with Crippen LogP contribution in [0, 0.1) is 0 Å². The summed E-state index contributed by atoms with van der Waals surface area (Å²) >= 11 is 0. The van der Waals surface area contributed by atoms with E-state index in [2.05, 4.69) is 12.2 Å². The zero-order valence-corrected chi connectivity index (χ0v) is 11.4. The van der Waals surface area contributed by atoms with Crippen molar-refractivity contribution in [3.8, 4) is 0 Å². The van der Waals surface area contributed by atoms with Crippen LogP contribution in [0.5, 0.6) is 0 Å². The highest BCUT2D eigenvalue weighted by atomic mass is 16.5. The number of amides is 1. The van der Waals surface area contributed by atoms with E-state index < -0.39 is 0 Å². The maximum Gasteiger partial charge on any atom is 0.251 e. The van der Waals surface area contributed by atoms with Gasteiger partial charge in [-0.15, -0.1) is 0 Å². The minimum absolute atomic E-state index is 0.152. The van der Waals surface area contributed by atoms with Gasteiger partial charge in [-0.1, -0.05) is 13.3 Å². The molecular weight excluding hydrogens is 216 g/mol. The summed E-state index contributed by atoms with van der Waals surface area (Å²) in [7, 11) is 1.93. The van der Waals surface area contributed by atoms with Crippen LogP contribution in [0.2, 0.25) is 0 Å². The molecule has 1 fully saturated rings. The second kappa shape index (κ2) is 7.67. The van der Waals surface area contributed by atoms with Gasteiger partial charge in [0.2, 0.25) is 0 Å². The lowest BCUT2D eigenvalue weighted by Crippen LogP contribution is -2.45. The Morgan fingerprint density at radius 1 is 1.59 bits per heavy atom. The van der Waals surface area contributed by atoms with E-state index in [0.29, 0.717) is 12.6 Å². The third-order valence-corrected chi connectivity index (χ3v) is 3.31. The number of nitrogens with one attached hydrogen (secondary N) is 1. The summed E-state index contributed by atoms with van der Waals surface area (Å²) in [4.78, 5) is 14.2. The van der Waals surface area contributed by atoms with E-state index in [-0.39, 0.29) is 12.0 Å². The molecule has 1 amide bonds. The number of likely N-dealkylation sites (tertiary alicyclic amines) is 1. The molecule has 1 saturated heterocycles. The zero-order chi connectivity index (χ0) is 12.7. The van der Waals surface area contributed by atoms with Crippen LogP contribution in [0.1, 0.15) is 39.5 Å². The third kappa shape index (κ3) is 4.28. The fourth-order valence-electron chi connectivity index (χ4n) is 2.28. The molecule has 0 radical (unpaired) electrons. The van der Waals surface area contributed by atoms with Crippen molar-refractivity contribution in [2.24, 2.45) is 0 Å². The number of unbranched alkanes of at least 4 members (excludes halogenated alkanes) is 1. The van der Waals surface area contributed by atoms with Gasteiger partial charge >= 0.3 is 0 Å². The van der Waals surface area contributed by atoms with Crippen LogP contribution in [0.4, 0.5) is 0 Å². The van der Waals surface area contributed by atoms with Crippen LogP contribution in [-0.2, 0) is 9.53 Å². The van der Waals surface area contributed by atoms with Gasteiger partial charge in [-0.3, -0.25) is 4.79 Å². The maximum atomic E-state index is 12.2. The summed E-state index contributed by atoms with van der Waals surface area (Å²) in [5, 5.41) is 3.15. The van der Waals surface area contributed by atoms with Crippen LogP contribution >= 0.6 is 0 Å². The van der Waals surface area contributed by atoms with Crippen molar-refractivity contribution in [1.29, 1.82) is 0 Å². The number of carbonyl (C=O) groups is 1. The van der Waals surface area contributed by atoms with Gasteiger partial charge in [0.05, 0.1) is 0 Å². The number of likely N-dealkylation sites (N-methyl/N-ethyl adjacent to an activating group) is 1. The van der Waals surface area contributed by atoms with Crippen molar-refractivity contribution in [1.82, 2.24) is 10.2 Å². The van der Waals surface area contributed by atoms with Crippen molar-refractivity contribution in [2.75, 3.05) is 26.7 Å². The van der Waals surface area contributed by atoms with Crippen molar-refractivity contribution in [3.63, 3.8) is 0 Å².